The third-order valence-corrected chi connectivity index (χ3v) is 2.75. The molecule has 1 amide bonds. The van der Waals surface area contributed by atoms with Crippen LogP contribution in [0.5, 0.6) is 0 Å². The minimum Gasteiger partial charge on any atom is -0.465 e. The highest BCUT2D eigenvalue weighted by Gasteiger charge is 2.34. The van der Waals surface area contributed by atoms with E-state index >= 15 is 0 Å². The highest BCUT2D eigenvalue weighted by atomic mass is 16.7. The maximum Gasteiger partial charge on any atom is 0.411 e. The van der Waals surface area contributed by atoms with E-state index in [0.717, 1.165) is 0 Å². The summed E-state index contributed by atoms with van der Waals surface area (Å²) in [5, 5.41) is 9.25. The molecule has 1 aliphatic rings. The molecule has 1 fully saturated rings. The van der Waals surface area contributed by atoms with E-state index in [1.807, 2.05) is 19.9 Å². The number of anilines is 1. The Kier molecular flexibility index (Phi) is 3.54. The number of hydrogen-bond donors (Lipinski definition) is 1. The Hall–Kier alpha value is -1.59. The van der Waals surface area contributed by atoms with Crippen molar-refractivity contribution >= 4 is 11.8 Å². The van der Waals surface area contributed by atoms with Crippen molar-refractivity contribution in [3.05, 3.63) is 30.3 Å². The molecule has 0 bridgehead atoms. The lowest BCUT2D eigenvalue weighted by Crippen LogP contribution is -2.38. The van der Waals surface area contributed by atoms with Gasteiger partial charge in [0.15, 0.2) is 5.79 Å². The molecule has 5 nitrogen and oxygen atoms in total. The van der Waals surface area contributed by atoms with Crippen LogP contribution in [0.3, 0.4) is 0 Å². The summed E-state index contributed by atoms with van der Waals surface area (Å²) in [6.07, 6.45) is -1.23. The average molecular weight is 251 g/mol. The SMILES string of the molecule is CC1(C)OCC(CN(C(=O)O)c2ccccc2)O1. The van der Waals surface area contributed by atoms with Crippen LogP contribution in [-0.4, -0.2) is 36.2 Å². The summed E-state index contributed by atoms with van der Waals surface area (Å²) < 4.78 is 11.1. The van der Waals surface area contributed by atoms with Gasteiger partial charge in [0, 0.05) is 5.69 Å². The molecule has 1 aromatic carbocycles. The van der Waals surface area contributed by atoms with Gasteiger partial charge in [-0.15, -0.1) is 0 Å². The van der Waals surface area contributed by atoms with Gasteiger partial charge in [0.2, 0.25) is 0 Å². The summed E-state index contributed by atoms with van der Waals surface area (Å²) in [5.74, 6) is -0.633. The molecule has 1 aromatic rings. The number of hydrogen-bond acceptors (Lipinski definition) is 3. The lowest BCUT2D eigenvalue weighted by Gasteiger charge is -2.23. The van der Waals surface area contributed by atoms with E-state index in [4.69, 9.17) is 9.47 Å². The molecule has 1 heterocycles. The van der Waals surface area contributed by atoms with Gasteiger partial charge in [-0.3, -0.25) is 4.90 Å². The first-order valence-corrected chi connectivity index (χ1v) is 5.85. The zero-order valence-electron chi connectivity index (χ0n) is 10.5. The van der Waals surface area contributed by atoms with E-state index in [0.29, 0.717) is 12.3 Å². The van der Waals surface area contributed by atoms with E-state index in [1.54, 1.807) is 24.3 Å². The predicted molar refractivity (Wildman–Crippen MR) is 66.7 cm³/mol. The molecule has 2 rings (SSSR count). The average Bonchev–Trinajstić information content (AvgIpc) is 2.66. The maximum atomic E-state index is 11.3. The zero-order chi connectivity index (χ0) is 13.2. The number of amides is 1. The largest absolute Gasteiger partial charge is 0.465 e. The van der Waals surface area contributed by atoms with Gasteiger partial charge in [0.05, 0.1) is 13.2 Å². The number of carboxylic acid groups (broad SMARTS) is 1. The highest BCUT2D eigenvalue weighted by Crippen LogP contribution is 2.24. The topological polar surface area (TPSA) is 59.0 Å². The molecular weight excluding hydrogens is 234 g/mol. The van der Waals surface area contributed by atoms with E-state index in [1.165, 1.54) is 4.90 Å². The van der Waals surface area contributed by atoms with Crippen molar-refractivity contribution in [2.24, 2.45) is 0 Å². The summed E-state index contributed by atoms with van der Waals surface area (Å²) >= 11 is 0. The molecule has 0 radical (unpaired) electrons. The Morgan fingerprint density at radius 3 is 2.61 bits per heavy atom. The predicted octanol–water partition coefficient (Wildman–Crippen LogP) is 2.32. The number of rotatable bonds is 3. The molecule has 1 N–H and O–H groups in total. The molecule has 1 atom stereocenters. The van der Waals surface area contributed by atoms with Gasteiger partial charge < -0.3 is 14.6 Å². The van der Waals surface area contributed by atoms with Crippen LogP contribution in [0.15, 0.2) is 30.3 Å². The van der Waals surface area contributed by atoms with Gasteiger partial charge in [-0.1, -0.05) is 18.2 Å². The molecule has 1 saturated heterocycles. The van der Waals surface area contributed by atoms with Crippen LogP contribution in [0.2, 0.25) is 0 Å². The lowest BCUT2D eigenvalue weighted by atomic mass is 10.2. The summed E-state index contributed by atoms with van der Waals surface area (Å²) in [6.45, 7) is 4.31. The van der Waals surface area contributed by atoms with Crippen LogP contribution < -0.4 is 4.90 Å². The Bertz CT molecular complexity index is 418. The zero-order valence-corrected chi connectivity index (χ0v) is 10.5. The van der Waals surface area contributed by atoms with Crippen molar-refractivity contribution in [3.8, 4) is 0 Å². The molecule has 1 unspecified atom stereocenters. The Balaban J connectivity index is 2.07. The second-order valence-electron chi connectivity index (χ2n) is 4.68. The van der Waals surface area contributed by atoms with Gasteiger partial charge in [0.25, 0.3) is 0 Å². The van der Waals surface area contributed by atoms with E-state index in [2.05, 4.69) is 0 Å². The Morgan fingerprint density at radius 2 is 2.11 bits per heavy atom. The summed E-state index contributed by atoms with van der Waals surface area (Å²) in [5.41, 5.74) is 0.637. The first-order chi connectivity index (χ1) is 8.48. The number of benzene rings is 1. The summed E-state index contributed by atoms with van der Waals surface area (Å²) in [7, 11) is 0. The molecule has 0 aliphatic carbocycles. The fraction of sp³-hybridized carbons (Fsp3) is 0.462. The molecular formula is C13H17NO4. The van der Waals surface area contributed by atoms with Crippen LogP contribution in [0.25, 0.3) is 0 Å². The van der Waals surface area contributed by atoms with Crippen molar-refractivity contribution in [1.82, 2.24) is 0 Å². The Morgan fingerprint density at radius 1 is 1.44 bits per heavy atom. The standard InChI is InChI=1S/C13H17NO4/c1-13(2)17-9-11(18-13)8-14(12(15)16)10-6-4-3-5-7-10/h3-7,11H,8-9H2,1-2H3,(H,15,16). The first kappa shape index (κ1) is 12.9. The molecule has 98 valence electrons. The van der Waals surface area contributed by atoms with Gasteiger partial charge in [-0.05, 0) is 26.0 Å². The smallest absolute Gasteiger partial charge is 0.411 e. The van der Waals surface area contributed by atoms with Gasteiger partial charge in [-0.2, -0.15) is 0 Å². The molecule has 0 saturated carbocycles. The quantitative estimate of drug-likeness (QED) is 0.895. The number of ether oxygens (including phenoxy) is 2. The van der Waals surface area contributed by atoms with Crippen molar-refractivity contribution < 1.29 is 19.4 Å². The van der Waals surface area contributed by atoms with Gasteiger partial charge in [0.1, 0.15) is 6.10 Å². The van der Waals surface area contributed by atoms with E-state index in [-0.39, 0.29) is 12.6 Å². The van der Waals surface area contributed by atoms with Crippen LogP contribution in [-0.2, 0) is 9.47 Å². The second-order valence-corrected chi connectivity index (χ2v) is 4.68. The van der Waals surface area contributed by atoms with Crippen molar-refractivity contribution in [3.63, 3.8) is 0 Å². The lowest BCUT2D eigenvalue weighted by molar-refractivity contribution is -0.137. The van der Waals surface area contributed by atoms with Gasteiger partial charge >= 0.3 is 6.09 Å². The minimum atomic E-state index is -0.991. The van der Waals surface area contributed by atoms with Crippen LogP contribution in [0.1, 0.15) is 13.8 Å². The van der Waals surface area contributed by atoms with Crippen molar-refractivity contribution in [1.29, 1.82) is 0 Å². The number of para-hydroxylation sites is 1. The molecule has 0 aromatic heterocycles. The normalized spacial score (nSPS) is 21.8. The fourth-order valence-corrected chi connectivity index (χ4v) is 1.96. The van der Waals surface area contributed by atoms with Gasteiger partial charge in [-0.25, -0.2) is 4.79 Å². The molecule has 18 heavy (non-hydrogen) atoms. The Labute approximate surface area is 106 Å². The number of carbonyl (C=O) groups is 1. The molecule has 5 heteroatoms. The van der Waals surface area contributed by atoms with E-state index in [9.17, 15) is 9.90 Å². The monoisotopic (exact) mass is 251 g/mol. The van der Waals surface area contributed by atoms with E-state index < -0.39 is 11.9 Å². The second kappa shape index (κ2) is 4.96. The molecule has 0 spiro atoms. The maximum absolute atomic E-state index is 11.3. The van der Waals surface area contributed by atoms with Crippen molar-refractivity contribution in [2.45, 2.75) is 25.7 Å². The van der Waals surface area contributed by atoms with Crippen LogP contribution in [0.4, 0.5) is 10.5 Å². The summed E-state index contributed by atoms with van der Waals surface area (Å²) in [4.78, 5) is 12.6. The summed E-state index contributed by atoms with van der Waals surface area (Å²) in [6, 6.07) is 8.98. The van der Waals surface area contributed by atoms with Crippen molar-refractivity contribution in [2.75, 3.05) is 18.1 Å². The first-order valence-electron chi connectivity index (χ1n) is 5.85. The molecule has 1 aliphatic heterocycles. The highest BCUT2D eigenvalue weighted by molar-refractivity contribution is 5.85. The third kappa shape index (κ3) is 3.00. The fourth-order valence-electron chi connectivity index (χ4n) is 1.96. The third-order valence-electron chi connectivity index (χ3n) is 2.75. The number of nitrogens with zero attached hydrogens (tertiary/aromatic N) is 1. The minimum absolute atomic E-state index is 0.240. The van der Waals surface area contributed by atoms with Crippen LogP contribution in [0, 0.1) is 0 Å². The van der Waals surface area contributed by atoms with Crippen LogP contribution >= 0.6 is 0 Å².